The molecule has 0 aliphatic rings. The zero-order chi connectivity index (χ0) is 30.3. The van der Waals surface area contributed by atoms with Crippen molar-refractivity contribution in [3.8, 4) is 0 Å². The number of hydrogen-bond donors (Lipinski definition) is 5. The zero-order valence-corrected chi connectivity index (χ0v) is 22.2. The quantitative estimate of drug-likeness (QED) is 0.108. The third-order valence-electron chi connectivity index (χ3n) is 5.59. The number of nitrogens with zero attached hydrogens (tertiary/aromatic N) is 4. The van der Waals surface area contributed by atoms with E-state index in [1.807, 2.05) is 0 Å². The van der Waals surface area contributed by atoms with Crippen LogP contribution in [0.15, 0.2) is 52.3 Å². The Morgan fingerprint density at radius 3 is 2.39 bits per heavy atom. The first-order valence-corrected chi connectivity index (χ1v) is 12.8. The van der Waals surface area contributed by atoms with Crippen LogP contribution in [0, 0.1) is 0 Å². The minimum Gasteiger partial charge on any atom is -0.481 e. The van der Waals surface area contributed by atoms with Crippen molar-refractivity contribution < 1.29 is 33.0 Å². The van der Waals surface area contributed by atoms with E-state index in [1.54, 1.807) is 24.3 Å². The Kier molecular flexibility index (Phi) is 9.96. The second kappa shape index (κ2) is 13.2. The van der Waals surface area contributed by atoms with E-state index in [-0.39, 0.29) is 30.1 Å². The van der Waals surface area contributed by atoms with Gasteiger partial charge in [0.1, 0.15) is 11.0 Å². The number of nitrogens with two attached hydrogens (primary N) is 3. The predicted octanol–water partition coefficient (Wildman–Crippen LogP) is 2.15. The highest BCUT2D eigenvalue weighted by atomic mass is 32.1. The molecule has 0 spiro atoms. The summed E-state index contributed by atoms with van der Waals surface area (Å²) in [4.78, 5) is 42.0. The molecule has 12 nitrogen and oxygen atoms in total. The average Bonchev–Trinajstić information content (AvgIpc) is 3.30. The molecule has 0 fully saturated rings. The van der Waals surface area contributed by atoms with Crippen LogP contribution in [-0.4, -0.2) is 55.5 Å². The molecule has 0 unspecified atom stereocenters. The number of halogens is 3. The standard InChI is InChI=1S/C19H12F3N3O3S.C6H14N4O2/c20-19(21,22)10-5-6-15-14(7-10)23-16(29-15)9-25-18(28)12-4-2-1-3-11(12)13(24-25)8-17(26)27;7-4(5(11)12)2-1-3-10-6(8)9/h1-7H,8-9H2,(H,26,27);4H,1-3,7H2,(H,11,12)(H4,8,9,10)/t;4-/m.0/s1. The number of carboxylic acid groups (broad SMARTS) is 2. The zero-order valence-electron chi connectivity index (χ0n) is 21.3. The highest BCUT2D eigenvalue weighted by Gasteiger charge is 2.30. The Morgan fingerprint density at radius 2 is 1.78 bits per heavy atom. The van der Waals surface area contributed by atoms with E-state index < -0.39 is 35.3 Å². The molecular formula is C25H26F3N7O5S. The summed E-state index contributed by atoms with van der Waals surface area (Å²) in [5, 5.41) is 22.9. The number of guanidine groups is 1. The second-order valence-corrected chi connectivity index (χ2v) is 9.82. The number of hydrogen-bond acceptors (Lipinski definition) is 8. The molecule has 4 rings (SSSR count). The van der Waals surface area contributed by atoms with Crippen LogP contribution < -0.4 is 22.8 Å². The number of aromatic nitrogens is 3. The molecule has 0 bridgehead atoms. The third-order valence-corrected chi connectivity index (χ3v) is 6.61. The maximum atomic E-state index is 12.9. The van der Waals surface area contributed by atoms with Gasteiger partial charge in [-0.1, -0.05) is 18.2 Å². The Labute approximate surface area is 233 Å². The van der Waals surface area contributed by atoms with Crippen LogP contribution >= 0.6 is 11.3 Å². The van der Waals surface area contributed by atoms with E-state index in [9.17, 15) is 27.6 Å². The van der Waals surface area contributed by atoms with Crippen molar-refractivity contribution in [3.63, 3.8) is 0 Å². The van der Waals surface area contributed by atoms with Crippen molar-refractivity contribution in [1.29, 1.82) is 0 Å². The van der Waals surface area contributed by atoms with Gasteiger partial charge in [0, 0.05) is 11.9 Å². The van der Waals surface area contributed by atoms with Crippen LogP contribution in [0.1, 0.15) is 29.1 Å². The number of alkyl halides is 3. The highest BCUT2D eigenvalue weighted by Crippen LogP contribution is 2.33. The Hall–Kier alpha value is -4.57. The minimum absolute atomic E-state index is 0.0129. The normalized spacial score (nSPS) is 12.0. The number of fused-ring (bicyclic) bond motifs is 2. The predicted molar refractivity (Wildman–Crippen MR) is 147 cm³/mol. The van der Waals surface area contributed by atoms with E-state index >= 15 is 0 Å². The smallest absolute Gasteiger partial charge is 0.416 e. The summed E-state index contributed by atoms with van der Waals surface area (Å²) in [5.74, 6) is -2.08. The molecule has 2 aromatic carbocycles. The summed E-state index contributed by atoms with van der Waals surface area (Å²) in [7, 11) is 0. The van der Waals surface area contributed by atoms with Gasteiger partial charge >= 0.3 is 18.1 Å². The number of aliphatic imine (C=N–C) groups is 1. The van der Waals surface area contributed by atoms with E-state index in [4.69, 9.17) is 27.4 Å². The molecule has 0 radical (unpaired) electrons. The summed E-state index contributed by atoms with van der Waals surface area (Å²) < 4.78 is 40.3. The van der Waals surface area contributed by atoms with Crippen molar-refractivity contribution in [3.05, 3.63) is 69.1 Å². The van der Waals surface area contributed by atoms with Crippen molar-refractivity contribution >= 4 is 50.2 Å². The molecule has 2 heterocycles. The van der Waals surface area contributed by atoms with E-state index in [1.165, 1.54) is 6.07 Å². The van der Waals surface area contributed by atoms with Gasteiger partial charge in [0.2, 0.25) is 0 Å². The summed E-state index contributed by atoms with van der Waals surface area (Å²) in [6.45, 7) is 0.348. The van der Waals surface area contributed by atoms with Gasteiger partial charge in [0.15, 0.2) is 5.96 Å². The van der Waals surface area contributed by atoms with Crippen LogP contribution in [0.3, 0.4) is 0 Å². The Balaban J connectivity index is 0.000000327. The fourth-order valence-electron chi connectivity index (χ4n) is 3.68. The molecule has 8 N–H and O–H groups in total. The number of carbonyl (C=O) groups is 2. The number of rotatable bonds is 9. The monoisotopic (exact) mass is 593 g/mol. The van der Waals surface area contributed by atoms with Crippen molar-refractivity contribution in [2.75, 3.05) is 6.54 Å². The molecule has 0 aliphatic carbocycles. The maximum absolute atomic E-state index is 12.9. The molecule has 0 amide bonds. The highest BCUT2D eigenvalue weighted by molar-refractivity contribution is 7.18. The number of carboxylic acids is 2. The molecule has 218 valence electrons. The topological polar surface area (TPSA) is 213 Å². The minimum atomic E-state index is -4.47. The number of aliphatic carboxylic acids is 2. The van der Waals surface area contributed by atoms with Crippen LogP contribution in [0.4, 0.5) is 13.2 Å². The lowest BCUT2D eigenvalue weighted by Gasteiger charge is -2.08. The maximum Gasteiger partial charge on any atom is 0.416 e. The molecule has 0 saturated carbocycles. The van der Waals surface area contributed by atoms with Gasteiger partial charge < -0.3 is 27.4 Å². The van der Waals surface area contributed by atoms with Gasteiger partial charge in [-0.25, -0.2) is 9.67 Å². The number of thiazole rings is 1. The third kappa shape index (κ3) is 8.46. The fraction of sp³-hybridized carbons (Fsp3) is 0.280. The second-order valence-electron chi connectivity index (χ2n) is 8.71. The Morgan fingerprint density at radius 1 is 1.10 bits per heavy atom. The molecule has 4 aromatic rings. The first-order chi connectivity index (χ1) is 19.3. The van der Waals surface area contributed by atoms with Crippen LogP contribution in [0.5, 0.6) is 0 Å². The summed E-state index contributed by atoms with van der Waals surface area (Å²) in [6, 6.07) is 9.01. The van der Waals surface area contributed by atoms with Gasteiger partial charge in [0.25, 0.3) is 5.56 Å². The molecule has 0 aliphatic heterocycles. The van der Waals surface area contributed by atoms with E-state index in [0.29, 0.717) is 39.9 Å². The average molecular weight is 594 g/mol. The summed E-state index contributed by atoms with van der Waals surface area (Å²) in [5.41, 5.74) is 14.5. The van der Waals surface area contributed by atoms with Crippen LogP contribution in [0.25, 0.3) is 21.0 Å². The molecule has 16 heteroatoms. The summed E-state index contributed by atoms with van der Waals surface area (Å²) in [6.07, 6.45) is -3.88. The van der Waals surface area contributed by atoms with E-state index in [0.717, 1.165) is 28.2 Å². The molecule has 0 saturated heterocycles. The van der Waals surface area contributed by atoms with Crippen LogP contribution in [-0.2, 0) is 28.7 Å². The van der Waals surface area contributed by atoms with Crippen molar-refractivity contribution in [2.24, 2.45) is 22.2 Å². The molecule has 2 aromatic heterocycles. The van der Waals surface area contributed by atoms with Gasteiger partial charge in [0.05, 0.1) is 39.8 Å². The van der Waals surface area contributed by atoms with Gasteiger partial charge in [-0.2, -0.15) is 18.3 Å². The first-order valence-electron chi connectivity index (χ1n) is 12.0. The van der Waals surface area contributed by atoms with Gasteiger partial charge in [-0.3, -0.25) is 19.4 Å². The lowest BCUT2D eigenvalue weighted by molar-refractivity contribution is -0.139. The fourth-order valence-corrected chi connectivity index (χ4v) is 4.61. The van der Waals surface area contributed by atoms with Gasteiger partial charge in [-0.15, -0.1) is 11.3 Å². The lowest BCUT2D eigenvalue weighted by Crippen LogP contribution is -2.30. The van der Waals surface area contributed by atoms with Crippen molar-refractivity contribution in [2.45, 2.75) is 38.0 Å². The Bertz CT molecular complexity index is 1650. The van der Waals surface area contributed by atoms with Crippen LogP contribution in [0.2, 0.25) is 0 Å². The largest absolute Gasteiger partial charge is 0.481 e. The molecular weight excluding hydrogens is 567 g/mol. The SMILES string of the molecule is NC(N)=NCCC[C@H](N)C(=O)O.O=C(O)Cc1nn(Cc2nc3cc(C(F)(F)F)ccc3s2)c(=O)c2ccccc12. The molecule has 1 atom stereocenters. The summed E-state index contributed by atoms with van der Waals surface area (Å²) >= 11 is 1.15. The first kappa shape index (κ1) is 31.0. The van der Waals surface area contributed by atoms with E-state index in [2.05, 4.69) is 15.1 Å². The lowest BCUT2D eigenvalue weighted by atomic mass is 10.1. The van der Waals surface area contributed by atoms with Crippen molar-refractivity contribution in [1.82, 2.24) is 14.8 Å². The van der Waals surface area contributed by atoms with Gasteiger partial charge in [-0.05, 0) is 37.1 Å². The number of benzene rings is 2. The molecule has 41 heavy (non-hydrogen) atoms.